The second kappa shape index (κ2) is 7.92. The van der Waals surface area contributed by atoms with Gasteiger partial charge in [-0.15, -0.1) is 11.3 Å². The van der Waals surface area contributed by atoms with Crippen LogP contribution < -0.4 is 0 Å². The SMILES string of the molecule is CCOC(=O)C(Cc1cnc(C(F)(F)F)s1)C(O)c1ccc(F)cc1. The van der Waals surface area contributed by atoms with Crippen LogP contribution in [0.25, 0.3) is 0 Å². The zero-order chi connectivity index (χ0) is 18.6. The summed E-state index contributed by atoms with van der Waals surface area (Å²) in [5.41, 5.74) is 0.264. The number of hydrogen-bond acceptors (Lipinski definition) is 5. The first kappa shape index (κ1) is 19.3. The molecule has 9 heteroatoms. The second-order valence-corrected chi connectivity index (χ2v) is 6.30. The van der Waals surface area contributed by atoms with Crippen LogP contribution in [0.3, 0.4) is 0 Å². The molecule has 4 nitrogen and oxygen atoms in total. The molecule has 2 aromatic rings. The molecule has 1 heterocycles. The summed E-state index contributed by atoms with van der Waals surface area (Å²) in [5.74, 6) is -2.39. The van der Waals surface area contributed by atoms with E-state index in [2.05, 4.69) is 4.98 Å². The Hall–Kier alpha value is -2.00. The lowest BCUT2D eigenvalue weighted by Gasteiger charge is -2.21. The lowest BCUT2D eigenvalue weighted by molar-refractivity contribution is -0.152. The molecule has 0 aliphatic rings. The van der Waals surface area contributed by atoms with Crippen LogP contribution in [0.15, 0.2) is 30.5 Å². The fraction of sp³-hybridized carbons (Fsp3) is 0.375. The van der Waals surface area contributed by atoms with Crippen molar-refractivity contribution in [3.63, 3.8) is 0 Å². The fourth-order valence-corrected chi connectivity index (χ4v) is 3.05. The van der Waals surface area contributed by atoms with Gasteiger partial charge in [0.05, 0.1) is 18.6 Å². The Morgan fingerprint density at radius 1 is 1.32 bits per heavy atom. The van der Waals surface area contributed by atoms with Crippen molar-refractivity contribution in [3.05, 3.63) is 51.7 Å². The number of benzene rings is 1. The topological polar surface area (TPSA) is 59.4 Å². The largest absolute Gasteiger partial charge is 0.466 e. The van der Waals surface area contributed by atoms with E-state index in [0.717, 1.165) is 18.3 Å². The van der Waals surface area contributed by atoms with Gasteiger partial charge in [0.1, 0.15) is 5.82 Å². The van der Waals surface area contributed by atoms with Crippen LogP contribution in [-0.4, -0.2) is 22.7 Å². The zero-order valence-electron chi connectivity index (χ0n) is 13.1. The molecule has 25 heavy (non-hydrogen) atoms. The average Bonchev–Trinajstić information content (AvgIpc) is 3.02. The maximum atomic E-state index is 13.0. The third-order valence-electron chi connectivity index (χ3n) is 3.40. The van der Waals surface area contributed by atoms with Crippen LogP contribution in [0.1, 0.15) is 28.5 Å². The van der Waals surface area contributed by atoms with E-state index in [1.807, 2.05) is 0 Å². The number of aliphatic hydroxyl groups excluding tert-OH is 1. The molecular weight excluding hydrogens is 362 g/mol. The Morgan fingerprint density at radius 2 is 1.96 bits per heavy atom. The number of hydrogen-bond donors (Lipinski definition) is 1. The lowest BCUT2D eigenvalue weighted by Crippen LogP contribution is -2.26. The minimum absolute atomic E-state index is 0.0575. The number of carbonyl (C=O) groups is 1. The molecule has 0 fully saturated rings. The van der Waals surface area contributed by atoms with Crippen LogP contribution in [0.2, 0.25) is 0 Å². The van der Waals surface area contributed by atoms with E-state index in [0.29, 0.717) is 11.3 Å². The van der Waals surface area contributed by atoms with Crippen molar-refractivity contribution >= 4 is 17.3 Å². The lowest BCUT2D eigenvalue weighted by atomic mass is 9.92. The summed E-state index contributed by atoms with van der Waals surface area (Å²) in [5, 5.41) is 9.41. The molecule has 0 spiro atoms. The number of aromatic nitrogens is 1. The van der Waals surface area contributed by atoms with Gasteiger partial charge in [-0.3, -0.25) is 4.79 Å². The molecule has 0 aliphatic heterocycles. The van der Waals surface area contributed by atoms with E-state index in [1.54, 1.807) is 6.92 Å². The standard InChI is InChI=1S/C16H15F4NO3S/c1-2-24-14(23)12(13(22)9-3-5-10(17)6-4-9)7-11-8-21-15(25-11)16(18,19)20/h3-6,8,12-13,22H,2,7H2,1H3. The highest BCUT2D eigenvalue weighted by atomic mass is 32.1. The van der Waals surface area contributed by atoms with Crippen LogP contribution in [0, 0.1) is 11.7 Å². The molecule has 1 aromatic heterocycles. The van der Waals surface area contributed by atoms with E-state index in [4.69, 9.17) is 4.74 Å². The number of rotatable bonds is 6. The van der Waals surface area contributed by atoms with Gasteiger partial charge in [0.15, 0.2) is 5.01 Å². The Morgan fingerprint density at radius 3 is 2.48 bits per heavy atom. The van der Waals surface area contributed by atoms with Crippen LogP contribution in [0.5, 0.6) is 0 Å². The molecule has 0 saturated carbocycles. The maximum Gasteiger partial charge on any atom is 0.443 e. The van der Waals surface area contributed by atoms with Gasteiger partial charge < -0.3 is 9.84 Å². The van der Waals surface area contributed by atoms with E-state index in [1.165, 1.54) is 12.1 Å². The van der Waals surface area contributed by atoms with Gasteiger partial charge in [-0.2, -0.15) is 13.2 Å². The summed E-state index contributed by atoms with van der Waals surface area (Å²) in [6, 6.07) is 4.85. The van der Waals surface area contributed by atoms with E-state index in [9.17, 15) is 27.5 Å². The highest BCUT2D eigenvalue weighted by molar-refractivity contribution is 7.11. The van der Waals surface area contributed by atoms with Gasteiger partial charge in [-0.25, -0.2) is 9.37 Å². The number of halogens is 4. The smallest absolute Gasteiger partial charge is 0.443 e. The summed E-state index contributed by atoms with van der Waals surface area (Å²) in [4.78, 5) is 15.6. The summed E-state index contributed by atoms with van der Waals surface area (Å²) in [7, 11) is 0. The van der Waals surface area contributed by atoms with Gasteiger partial charge >= 0.3 is 12.1 Å². The van der Waals surface area contributed by atoms with Crippen molar-refractivity contribution in [3.8, 4) is 0 Å². The molecular formula is C16H15F4NO3S. The van der Waals surface area contributed by atoms with Gasteiger partial charge in [0.2, 0.25) is 0 Å². The molecule has 0 aliphatic carbocycles. The molecule has 2 unspecified atom stereocenters. The van der Waals surface area contributed by atoms with Crippen molar-refractivity contribution in [1.82, 2.24) is 4.98 Å². The first-order chi connectivity index (χ1) is 11.7. The summed E-state index contributed by atoms with van der Waals surface area (Å²) in [6.45, 7) is 1.63. The molecule has 1 N–H and O–H groups in total. The number of esters is 1. The second-order valence-electron chi connectivity index (χ2n) is 5.19. The molecule has 2 rings (SSSR count). The molecule has 1 aromatic carbocycles. The number of alkyl halides is 3. The quantitative estimate of drug-likeness (QED) is 0.615. The summed E-state index contributed by atoms with van der Waals surface area (Å²) < 4.78 is 55.9. The van der Waals surface area contributed by atoms with Crippen molar-refractivity contribution in [2.45, 2.75) is 25.6 Å². The molecule has 0 bridgehead atoms. The van der Waals surface area contributed by atoms with Gasteiger partial charge in [-0.05, 0) is 31.0 Å². The summed E-state index contributed by atoms with van der Waals surface area (Å²) in [6.07, 6.45) is -5.07. The number of carbonyl (C=O) groups excluding carboxylic acids is 1. The van der Waals surface area contributed by atoms with E-state index in [-0.39, 0.29) is 23.5 Å². The minimum atomic E-state index is -4.57. The third-order valence-corrected chi connectivity index (χ3v) is 4.46. The third kappa shape index (κ3) is 4.99. The highest BCUT2D eigenvalue weighted by Gasteiger charge is 2.36. The number of nitrogens with zero attached hydrogens (tertiary/aromatic N) is 1. The minimum Gasteiger partial charge on any atom is -0.466 e. The van der Waals surface area contributed by atoms with Crippen LogP contribution in [-0.2, 0) is 22.1 Å². The van der Waals surface area contributed by atoms with Gasteiger partial charge in [0.25, 0.3) is 0 Å². The zero-order valence-corrected chi connectivity index (χ0v) is 13.9. The Bertz CT molecular complexity index is 715. The average molecular weight is 377 g/mol. The number of thiazole rings is 1. The predicted octanol–water partition coefficient (Wildman–Crippen LogP) is 3.76. The molecule has 0 amide bonds. The monoisotopic (exact) mass is 377 g/mol. The first-order valence-corrected chi connectivity index (χ1v) is 8.16. The van der Waals surface area contributed by atoms with Crippen molar-refractivity contribution in [2.24, 2.45) is 5.92 Å². The Kier molecular flexibility index (Phi) is 6.12. The van der Waals surface area contributed by atoms with E-state index < -0.39 is 35.0 Å². The molecule has 0 saturated heterocycles. The van der Waals surface area contributed by atoms with Crippen molar-refractivity contribution in [1.29, 1.82) is 0 Å². The number of ether oxygens (including phenoxy) is 1. The van der Waals surface area contributed by atoms with E-state index >= 15 is 0 Å². The Labute approximate surface area is 145 Å². The summed E-state index contributed by atoms with van der Waals surface area (Å²) >= 11 is 0.404. The number of aliphatic hydroxyl groups is 1. The maximum absolute atomic E-state index is 13.0. The molecule has 0 radical (unpaired) electrons. The van der Waals surface area contributed by atoms with Gasteiger partial charge in [-0.1, -0.05) is 12.1 Å². The van der Waals surface area contributed by atoms with Crippen molar-refractivity contribution in [2.75, 3.05) is 6.61 Å². The fourth-order valence-electron chi connectivity index (χ4n) is 2.22. The van der Waals surface area contributed by atoms with Crippen molar-refractivity contribution < 1.29 is 32.2 Å². The van der Waals surface area contributed by atoms with Gasteiger partial charge in [0, 0.05) is 11.1 Å². The predicted molar refractivity (Wildman–Crippen MR) is 82.3 cm³/mol. The molecule has 2 atom stereocenters. The first-order valence-electron chi connectivity index (χ1n) is 7.34. The highest BCUT2D eigenvalue weighted by Crippen LogP contribution is 2.35. The Balaban J connectivity index is 2.25. The normalized spacial score (nSPS) is 14.2. The van der Waals surface area contributed by atoms with Crippen LogP contribution in [0.4, 0.5) is 17.6 Å². The molecule has 136 valence electrons. The van der Waals surface area contributed by atoms with Crippen LogP contribution >= 0.6 is 11.3 Å².